The molecule has 38 heavy (non-hydrogen) atoms. The number of hydrogen-bond acceptors (Lipinski definition) is 6. The molecule has 1 aromatic heterocycles. The van der Waals surface area contributed by atoms with Crippen LogP contribution in [0.2, 0.25) is 0 Å². The zero-order valence-electron chi connectivity index (χ0n) is 21.6. The van der Waals surface area contributed by atoms with Gasteiger partial charge >= 0.3 is 0 Å². The van der Waals surface area contributed by atoms with Gasteiger partial charge in [-0.1, -0.05) is 42.5 Å². The minimum atomic E-state index is -4.03. The van der Waals surface area contributed by atoms with E-state index in [2.05, 4.69) is 10.3 Å². The van der Waals surface area contributed by atoms with E-state index in [0.29, 0.717) is 30.8 Å². The standard InChI is InChI=1S/C27H33N5O5S/c1-30-19-26(29-20-30)38(35,36)32-14-7-13-31(27(34)17-21-8-6-11-23(16-21)37-2)15-12-28-25(33)18-24(32)22-9-4-3-5-10-22/h3-6,8-11,16,19-20,24H,7,12-15,17-18H2,1-2H3,(H,28,33). The van der Waals surface area contributed by atoms with Crippen molar-refractivity contribution in [2.45, 2.75) is 30.3 Å². The summed E-state index contributed by atoms with van der Waals surface area (Å²) in [5.41, 5.74) is 1.53. The van der Waals surface area contributed by atoms with Crippen LogP contribution in [0.3, 0.4) is 0 Å². The molecule has 0 saturated carbocycles. The third kappa shape index (κ3) is 6.59. The Morgan fingerprint density at radius 1 is 1.11 bits per heavy atom. The SMILES string of the molecule is COc1cccc(CC(=O)N2CCCN(S(=O)(=O)c3cn(C)cn3)C(c3ccccc3)CC(=O)NCC2)c1. The molecule has 0 radical (unpaired) electrons. The number of nitrogens with zero attached hydrogens (tertiary/aromatic N) is 4. The van der Waals surface area contributed by atoms with Gasteiger partial charge in [0.2, 0.25) is 11.8 Å². The van der Waals surface area contributed by atoms with Gasteiger partial charge in [0.25, 0.3) is 10.0 Å². The first-order valence-electron chi connectivity index (χ1n) is 12.5. The van der Waals surface area contributed by atoms with E-state index in [1.807, 2.05) is 54.6 Å². The molecule has 1 unspecified atom stereocenters. The second-order valence-electron chi connectivity index (χ2n) is 9.24. The predicted octanol–water partition coefficient (Wildman–Crippen LogP) is 2.14. The zero-order chi connectivity index (χ0) is 27.1. The first-order chi connectivity index (χ1) is 18.3. The van der Waals surface area contributed by atoms with E-state index in [-0.39, 0.29) is 42.8 Å². The van der Waals surface area contributed by atoms with Crippen molar-refractivity contribution in [2.24, 2.45) is 7.05 Å². The molecule has 1 N–H and O–H groups in total. The van der Waals surface area contributed by atoms with Gasteiger partial charge in [0.1, 0.15) is 5.75 Å². The van der Waals surface area contributed by atoms with Gasteiger partial charge in [0.15, 0.2) is 5.03 Å². The summed E-state index contributed by atoms with van der Waals surface area (Å²) < 4.78 is 35.7. The van der Waals surface area contributed by atoms with E-state index in [4.69, 9.17) is 4.74 Å². The van der Waals surface area contributed by atoms with Crippen molar-refractivity contribution < 1.29 is 22.7 Å². The second kappa shape index (κ2) is 12.2. The van der Waals surface area contributed by atoms with E-state index in [1.54, 1.807) is 23.6 Å². The summed E-state index contributed by atoms with van der Waals surface area (Å²) >= 11 is 0. The van der Waals surface area contributed by atoms with Crippen molar-refractivity contribution in [2.75, 3.05) is 33.3 Å². The summed E-state index contributed by atoms with van der Waals surface area (Å²) in [6.45, 7) is 1.07. The number of carbonyl (C=O) groups excluding carboxylic acids is 2. The number of rotatable bonds is 6. The zero-order valence-corrected chi connectivity index (χ0v) is 22.4. The molecule has 1 fully saturated rings. The molecule has 2 heterocycles. The molecule has 2 aromatic carbocycles. The molecule has 3 aromatic rings. The average molecular weight is 540 g/mol. The maximum atomic E-state index is 13.8. The summed E-state index contributed by atoms with van der Waals surface area (Å²) in [5, 5.41) is 2.79. The van der Waals surface area contributed by atoms with Gasteiger partial charge in [-0.2, -0.15) is 4.31 Å². The fourth-order valence-electron chi connectivity index (χ4n) is 4.57. The van der Waals surface area contributed by atoms with Gasteiger partial charge in [-0.15, -0.1) is 0 Å². The number of aryl methyl sites for hydroxylation is 1. The van der Waals surface area contributed by atoms with Crippen LogP contribution in [0.25, 0.3) is 0 Å². The van der Waals surface area contributed by atoms with Crippen molar-refractivity contribution in [3.63, 3.8) is 0 Å². The molecule has 1 aliphatic rings. The number of sulfonamides is 1. The number of imidazole rings is 1. The third-order valence-corrected chi connectivity index (χ3v) is 8.31. The Morgan fingerprint density at radius 3 is 2.61 bits per heavy atom. The Hall–Kier alpha value is -3.70. The lowest BCUT2D eigenvalue weighted by atomic mass is 10.0. The van der Waals surface area contributed by atoms with Crippen LogP contribution in [0.15, 0.2) is 72.1 Å². The molecule has 4 rings (SSSR count). The molecule has 11 heteroatoms. The molecule has 1 saturated heterocycles. The van der Waals surface area contributed by atoms with Crippen LogP contribution >= 0.6 is 0 Å². The highest BCUT2D eigenvalue weighted by molar-refractivity contribution is 7.89. The minimum Gasteiger partial charge on any atom is -0.497 e. The number of hydrogen-bond donors (Lipinski definition) is 1. The summed E-state index contributed by atoms with van der Waals surface area (Å²) in [6.07, 6.45) is 3.41. The second-order valence-corrected chi connectivity index (χ2v) is 11.1. The third-order valence-electron chi connectivity index (χ3n) is 6.52. The Morgan fingerprint density at radius 2 is 1.89 bits per heavy atom. The number of benzene rings is 2. The molecule has 1 atom stereocenters. The van der Waals surface area contributed by atoms with E-state index >= 15 is 0 Å². The maximum absolute atomic E-state index is 13.8. The molecule has 202 valence electrons. The monoisotopic (exact) mass is 539 g/mol. The predicted molar refractivity (Wildman–Crippen MR) is 142 cm³/mol. The average Bonchev–Trinajstić information content (AvgIpc) is 3.35. The first kappa shape index (κ1) is 27.3. The molecule has 2 amide bonds. The first-order valence-corrected chi connectivity index (χ1v) is 13.9. The molecular formula is C27H33N5O5S. The van der Waals surface area contributed by atoms with Gasteiger partial charge in [-0.05, 0) is 29.7 Å². The maximum Gasteiger partial charge on any atom is 0.262 e. The van der Waals surface area contributed by atoms with E-state index in [0.717, 1.165) is 5.56 Å². The molecular weight excluding hydrogens is 506 g/mol. The van der Waals surface area contributed by atoms with Crippen molar-refractivity contribution >= 4 is 21.8 Å². The van der Waals surface area contributed by atoms with Crippen molar-refractivity contribution in [1.29, 1.82) is 0 Å². The summed E-state index contributed by atoms with van der Waals surface area (Å²) in [5.74, 6) is 0.273. The highest BCUT2D eigenvalue weighted by Crippen LogP contribution is 2.30. The van der Waals surface area contributed by atoms with Gasteiger partial charge < -0.3 is 19.5 Å². The highest BCUT2D eigenvalue weighted by Gasteiger charge is 2.35. The van der Waals surface area contributed by atoms with Gasteiger partial charge in [-0.3, -0.25) is 9.59 Å². The Balaban J connectivity index is 1.61. The van der Waals surface area contributed by atoms with Crippen LogP contribution in [-0.2, 0) is 33.1 Å². The van der Waals surface area contributed by atoms with Crippen LogP contribution in [0.5, 0.6) is 5.75 Å². The lowest BCUT2D eigenvalue weighted by Gasteiger charge is -2.30. The van der Waals surface area contributed by atoms with Crippen LogP contribution in [0, 0.1) is 0 Å². The van der Waals surface area contributed by atoms with Gasteiger partial charge in [0.05, 0.1) is 25.9 Å². The van der Waals surface area contributed by atoms with E-state index in [1.165, 1.54) is 16.8 Å². The number of aromatic nitrogens is 2. The number of nitrogens with one attached hydrogen (secondary N) is 1. The quantitative estimate of drug-likeness (QED) is 0.514. The molecule has 10 nitrogen and oxygen atoms in total. The Kier molecular flexibility index (Phi) is 8.80. The summed E-state index contributed by atoms with van der Waals surface area (Å²) in [6, 6.07) is 15.7. The molecule has 0 bridgehead atoms. The Labute approximate surface area is 223 Å². The number of methoxy groups -OCH3 is 1. The van der Waals surface area contributed by atoms with Crippen LogP contribution in [0.4, 0.5) is 0 Å². The Bertz CT molecular complexity index is 1360. The molecule has 1 aliphatic heterocycles. The fraction of sp³-hybridized carbons (Fsp3) is 0.370. The lowest BCUT2D eigenvalue weighted by molar-refractivity contribution is -0.131. The van der Waals surface area contributed by atoms with Gasteiger partial charge in [-0.25, -0.2) is 13.4 Å². The summed E-state index contributed by atoms with van der Waals surface area (Å²) in [4.78, 5) is 32.0. The number of carbonyl (C=O) groups is 2. The number of amides is 2. The van der Waals surface area contributed by atoms with Crippen LogP contribution in [-0.4, -0.2) is 72.3 Å². The van der Waals surface area contributed by atoms with Crippen LogP contribution in [0.1, 0.15) is 30.0 Å². The topological polar surface area (TPSA) is 114 Å². The van der Waals surface area contributed by atoms with E-state index < -0.39 is 16.1 Å². The molecule has 0 spiro atoms. The van der Waals surface area contributed by atoms with Gasteiger partial charge in [0, 0.05) is 45.8 Å². The highest BCUT2D eigenvalue weighted by atomic mass is 32.2. The number of ether oxygens (including phenoxy) is 1. The van der Waals surface area contributed by atoms with Crippen LogP contribution < -0.4 is 10.1 Å². The largest absolute Gasteiger partial charge is 0.497 e. The van der Waals surface area contributed by atoms with Crippen molar-refractivity contribution in [1.82, 2.24) is 24.1 Å². The minimum absolute atomic E-state index is 0.0478. The summed E-state index contributed by atoms with van der Waals surface area (Å²) in [7, 11) is -0.756. The van der Waals surface area contributed by atoms with Crippen molar-refractivity contribution in [3.8, 4) is 5.75 Å². The normalized spacial score (nSPS) is 17.9. The fourth-order valence-corrected chi connectivity index (χ4v) is 6.19. The lowest BCUT2D eigenvalue weighted by Crippen LogP contribution is -2.40. The molecule has 0 aliphatic carbocycles. The van der Waals surface area contributed by atoms with Crippen molar-refractivity contribution in [3.05, 3.63) is 78.2 Å². The smallest absolute Gasteiger partial charge is 0.262 e. The van der Waals surface area contributed by atoms with E-state index in [9.17, 15) is 18.0 Å².